The van der Waals surface area contributed by atoms with E-state index in [1.807, 2.05) is 26.0 Å². The maximum Gasteiger partial charge on any atom is 0.241 e. The number of nitrogens with one attached hydrogen (secondary N) is 1. The molecule has 1 aromatic heterocycles. The number of tetrazole rings is 1. The highest BCUT2D eigenvalue weighted by atomic mass is 16.2. The van der Waals surface area contributed by atoms with Crippen molar-refractivity contribution in [3.05, 3.63) is 30.1 Å². The standard InChI is InChI=1S/C13H18N6O/c1-3-4-11(14)13(20)16-10-5-6-12(9(2)7-10)19-8-15-17-18-19/h5-8,11H,3-4,14H2,1-2H3,(H,16,20). The number of amides is 1. The number of nitrogens with zero attached hydrogens (tertiary/aromatic N) is 4. The number of nitrogens with two attached hydrogens (primary N) is 1. The number of hydrogen-bond donors (Lipinski definition) is 2. The van der Waals surface area contributed by atoms with Crippen molar-refractivity contribution >= 4 is 11.6 Å². The Morgan fingerprint density at radius 2 is 2.30 bits per heavy atom. The van der Waals surface area contributed by atoms with Gasteiger partial charge in [0.1, 0.15) is 6.33 Å². The lowest BCUT2D eigenvalue weighted by Crippen LogP contribution is -2.35. The molecule has 106 valence electrons. The second-order valence-electron chi connectivity index (χ2n) is 4.64. The van der Waals surface area contributed by atoms with Gasteiger partial charge in [-0.05, 0) is 47.5 Å². The van der Waals surface area contributed by atoms with E-state index in [0.717, 1.165) is 23.4 Å². The summed E-state index contributed by atoms with van der Waals surface area (Å²) in [5.74, 6) is -0.165. The van der Waals surface area contributed by atoms with Crippen molar-refractivity contribution < 1.29 is 4.79 Å². The first-order chi connectivity index (χ1) is 9.61. The molecule has 2 aromatic rings. The Bertz CT molecular complexity index is 581. The zero-order valence-corrected chi connectivity index (χ0v) is 11.6. The van der Waals surface area contributed by atoms with Crippen LogP contribution in [0.1, 0.15) is 25.3 Å². The number of carbonyl (C=O) groups excluding carboxylic acids is 1. The summed E-state index contributed by atoms with van der Waals surface area (Å²) in [6.07, 6.45) is 3.08. The Hall–Kier alpha value is -2.28. The van der Waals surface area contributed by atoms with Crippen LogP contribution in [0.15, 0.2) is 24.5 Å². The Morgan fingerprint density at radius 1 is 1.50 bits per heavy atom. The Morgan fingerprint density at radius 3 is 2.90 bits per heavy atom. The van der Waals surface area contributed by atoms with Crippen molar-refractivity contribution in [1.29, 1.82) is 0 Å². The van der Waals surface area contributed by atoms with E-state index < -0.39 is 6.04 Å². The van der Waals surface area contributed by atoms with Crippen molar-refractivity contribution in [3.8, 4) is 5.69 Å². The summed E-state index contributed by atoms with van der Waals surface area (Å²) < 4.78 is 1.57. The minimum Gasteiger partial charge on any atom is -0.325 e. The summed E-state index contributed by atoms with van der Waals surface area (Å²) in [7, 11) is 0. The summed E-state index contributed by atoms with van der Waals surface area (Å²) >= 11 is 0. The summed E-state index contributed by atoms with van der Waals surface area (Å²) in [6, 6.07) is 5.06. The van der Waals surface area contributed by atoms with Gasteiger partial charge >= 0.3 is 0 Å². The van der Waals surface area contributed by atoms with Gasteiger partial charge in [-0.15, -0.1) is 5.10 Å². The molecule has 0 bridgehead atoms. The van der Waals surface area contributed by atoms with Crippen molar-refractivity contribution in [3.63, 3.8) is 0 Å². The Kier molecular flexibility index (Phi) is 4.41. The molecule has 7 heteroatoms. The van der Waals surface area contributed by atoms with Crippen LogP contribution in [0.4, 0.5) is 5.69 Å². The second-order valence-corrected chi connectivity index (χ2v) is 4.64. The van der Waals surface area contributed by atoms with Crippen molar-refractivity contribution in [2.75, 3.05) is 5.32 Å². The molecule has 0 radical (unpaired) electrons. The lowest BCUT2D eigenvalue weighted by molar-refractivity contribution is -0.117. The monoisotopic (exact) mass is 274 g/mol. The van der Waals surface area contributed by atoms with E-state index in [9.17, 15) is 4.79 Å². The van der Waals surface area contributed by atoms with E-state index in [1.54, 1.807) is 10.7 Å². The van der Waals surface area contributed by atoms with Crippen LogP contribution in [0.2, 0.25) is 0 Å². The molecule has 7 nitrogen and oxygen atoms in total. The molecule has 3 N–H and O–H groups in total. The molecule has 0 fully saturated rings. The third kappa shape index (κ3) is 3.18. The van der Waals surface area contributed by atoms with Gasteiger partial charge in [-0.25, -0.2) is 4.68 Å². The number of aromatic nitrogens is 4. The molecule has 1 atom stereocenters. The van der Waals surface area contributed by atoms with Crippen LogP contribution in [-0.2, 0) is 4.79 Å². The van der Waals surface area contributed by atoms with Crippen LogP contribution >= 0.6 is 0 Å². The molecule has 1 amide bonds. The van der Waals surface area contributed by atoms with Gasteiger partial charge in [0.2, 0.25) is 5.91 Å². The molecule has 0 aliphatic rings. The first-order valence-electron chi connectivity index (χ1n) is 6.52. The maximum absolute atomic E-state index is 11.9. The van der Waals surface area contributed by atoms with Crippen molar-refractivity contribution in [1.82, 2.24) is 20.2 Å². The predicted octanol–water partition coefficient (Wildman–Crippen LogP) is 1.04. The van der Waals surface area contributed by atoms with E-state index in [4.69, 9.17) is 5.73 Å². The fourth-order valence-electron chi connectivity index (χ4n) is 1.94. The van der Waals surface area contributed by atoms with Gasteiger partial charge in [0, 0.05) is 5.69 Å². The molecule has 0 spiro atoms. The normalized spacial score (nSPS) is 12.2. The second kappa shape index (κ2) is 6.25. The van der Waals surface area contributed by atoms with Gasteiger partial charge in [-0.1, -0.05) is 13.3 Å². The largest absolute Gasteiger partial charge is 0.325 e. The van der Waals surface area contributed by atoms with E-state index in [-0.39, 0.29) is 5.91 Å². The Balaban J connectivity index is 2.12. The third-order valence-electron chi connectivity index (χ3n) is 3.00. The highest BCUT2D eigenvalue weighted by molar-refractivity contribution is 5.94. The molecule has 0 saturated heterocycles. The first-order valence-corrected chi connectivity index (χ1v) is 6.52. The Labute approximate surface area is 117 Å². The average molecular weight is 274 g/mol. The molecule has 0 aliphatic carbocycles. The molecule has 1 heterocycles. The first kappa shape index (κ1) is 14.1. The minimum atomic E-state index is -0.473. The fraction of sp³-hybridized carbons (Fsp3) is 0.385. The predicted molar refractivity (Wildman–Crippen MR) is 75.4 cm³/mol. The highest BCUT2D eigenvalue weighted by Crippen LogP contribution is 2.18. The topological polar surface area (TPSA) is 98.7 Å². The van der Waals surface area contributed by atoms with Gasteiger partial charge in [-0.3, -0.25) is 4.79 Å². The van der Waals surface area contributed by atoms with E-state index in [2.05, 4.69) is 20.8 Å². The number of carbonyl (C=O) groups is 1. The number of rotatable bonds is 5. The van der Waals surface area contributed by atoms with E-state index in [0.29, 0.717) is 6.42 Å². The molecule has 2 rings (SSSR count). The molecule has 1 unspecified atom stereocenters. The summed E-state index contributed by atoms with van der Waals surface area (Å²) in [4.78, 5) is 11.9. The summed E-state index contributed by atoms with van der Waals surface area (Å²) in [5, 5.41) is 13.9. The summed E-state index contributed by atoms with van der Waals surface area (Å²) in [5.41, 5.74) is 8.32. The zero-order valence-electron chi connectivity index (χ0n) is 11.6. The molecule has 20 heavy (non-hydrogen) atoms. The maximum atomic E-state index is 11.9. The fourth-order valence-corrected chi connectivity index (χ4v) is 1.94. The number of aryl methyl sites for hydroxylation is 1. The SMILES string of the molecule is CCCC(N)C(=O)Nc1ccc(-n2cnnn2)c(C)c1. The van der Waals surface area contributed by atoms with E-state index >= 15 is 0 Å². The van der Waals surface area contributed by atoms with Crippen LogP contribution in [0, 0.1) is 6.92 Å². The van der Waals surface area contributed by atoms with Gasteiger partial charge in [0.15, 0.2) is 0 Å². The molecule has 0 aliphatic heterocycles. The molecule has 1 aromatic carbocycles. The van der Waals surface area contributed by atoms with Gasteiger partial charge < -0.3 is 11.1 Å². The van der Waals surface area contributed by atoms with Crippen molar-refractivity contribution in [2.45, 2.75) is 32.7 Å². The highest BCUT2D eigenvalue weighted by Gasteiger charge is 2.13. The number of anilines is 1. The van der Waals surface area contributed by atoms with Crippen LogP contribution < -0.4 is 11.1 Å². The molecule has 0 saturated carbocycles. The van der Waals surface area contributed by atoms with Crippen LogP contribution in [-0.4, -0.2) is 32.2 Å². The third-order valence-corrected chi connectivity index (χ3v) is 3.00. The quantitative estimate of drug-likeness (QED) is 0.848. The van der Waals surface area contributed by atoms with Crippen molar-refractivity contribution in [2.24, 2.45) is 5.73 Å². The average Bonchev–Trinajstić information content (AvgIpc) is 2.93. The smallest absolute Gasteiger partial charge is 0.241 e. The van der Waals surface area contributed by atoms with Gasteiger partial charge in [-0.2, -0.15) is 0 Å². The molecular weight excluding hydrogens is 256 g/mol. The number of hydrogen-bond acceptors (Lipinski definition) is 5. The zero-order chi connectivity index (χ0) is 14.5. The summed E-state index contributed by atoms with van der Waals surface area (Å²) in [6.45, 7) is 3.93. The van der Waals surface area contributed by atoms with Gasteiger partial charge in [0.05, 0.1) is 11.7 Å². The van der Waals surface area contributed by atoms with Crippen LogP contribution in [0.5, 0.6) is 0 Å². The van der Waals surface area contributed by atoms with E-state index in [1.165, 1.54) is 6.33 Å². The lowest BCUT2D eigenvalue weighted by atomic mass is 10.1. The van der Waals surface area contributed by atoms with Gasteiger partial charge in [0.25, 0.3) is 0 Å². The number of benzene rings is 1. The molecular formula is C13H18N6O. The lowest BCUT2D eigenvalue weighted by Gasteiger charge is -2.12. The van der Waals surface area contributed by atoms with Crippen LogP contribution in [0.25, 0.3) is 5.69 Å². The van der Waals surface area contributed by atoms with Crippen LogP contribution in [0.3, 0.4) is 0 Å². The minimum absolute atomic E-state index is 0.165.